The molecular formula is C12H19N3. The Balaban J connectivity index is 2.09. The highest BCUT2D eigenvalue weighted by molar-refractivity contribution is 5.44. The number of benzene rings is 1. The molecule has 2 rings (SSSR count). The molecule has 0 radical (unpaired) electrons. The minimum absolute atomic E-state index is 1.03. The summed E-state index contributed by atoms with van der Waals surface area (Å²) in [5, 5.41) is 8.16. The Morgan fingerprint density at radius 2 is 1.87 bits per heavy atom. The Hall–Kier alpha value is -1.06. The van der Waals surface area contributed by atoms with Crippen LogP contribution in [-0.4, -0.2) is 37.7 Å². The van der Waals surface area contributed by atoms with Crippen molar-refractivity contribution < 1.29 is 0 Å². The molecule has 0 unspecified atom stereocenters. The summed E-state index contributed by atoms with van der Waals surface area (Å²) in [5.41, 5.74) is 1.29. The number of hydrazine groups is 1. The van der Waals surface area contributed by atoms with E-state index < -0.39 is 0 Å². The fraction of sp³-hybridized carbons (Fsp3) is 0.500. The highest BCUT2D eigenvalue weighted by Crippen LogP contribution is 2.15. The lowest BCUT2D eigenvalue weighted by Crippen LogP contribution is -2.52. The molecule has 0 aromatic heterocycles. The molecule has 3 heteroatoms. The van der Waals surface area contributed by atoms with Crippen LogP contribution in [0.5, 0.6) is 0 Å². The van der Waals surface area contributed by atoms with Crippen LogP contribution in [-0.2, 0) is 0 Å². The molecule has 1 aromatic carbocycles. The van der Waals surface area contributed by atoms with Gasteiger partial charge in [0.2, 0.25) is 0 Å². The van der Waals surface area contributed by atoms with Crippen LogP contribution in [0.4, 0.5) is 5.69 Å². The summed E-state index contributed by atoms with van der Waals surface area (Å²) >= 11 is 0. The lowest BCUT2D eigenvalue weighted by atomic mass is 10.3. The fourth-order valence-electron chi connectivity index (χ4n) is 2.04. The van der Waals surface area contributed by atoms with E-state index in [2.05, 4.69) is 52.6 Å². The Morgan fingerprint density at radius 1 is 1.20 bits per heavy atom. The first-order chi connectivity index (χ1) is 7.42. The van der Waals surface area contributed by atoms with E-state index in [1.165, 1.54) is 5.69 Å². The minimum atomic E-state index is 1.03. The van der Waals surface area contributed by atoms with Crippen molar-refractivity contribution in [2.45, 2.75) is 6.92 Å². The van der Waals surface area contributed by atoms with E-state index in [1.807, 2.05) is 0 Å². The van der Waals surface area contributed by atoms with Crippen LogP contribution in [0, 0.1) is 0 Å². The normalized spacial score (nSPS) is 17.7. The van der Waals surface area contributed by atoms with Gasteiger partial charge < -0.3 is 10.3 Å². The largest absolute Gasteiger partial charge is 0.314 e. The Labute approximate surface area is 91.7 Å². The third-order valence-electron chi connectivity index (χ3n) is 2.79. The van der Waals surface area contributed by atoms with Gasteiger partial charge in [-0.3, -0.25) is 0 Å². The number of hydrogen-bond acceptors (Lipinski definition) is 3. The topological polar surface area (TPSA) is 18.5 Å². The zero-order chi connectivity index (χ0) is 10.5. The van der Waals surface area contributed by atoms with Crippen molar-refractivity contribution in [1.29, 1.82) is 0 Å². The molecule has 3 nitrogen and oxygen atoms in total. The van der Waals surface area contributed by atoms with Crippen LogP contribution >= 0.6 is 0 Å². The van der Waals surface area contributed by atoms with E-state index in [4.69, 9.17) is 0 Å². The fourth-order valence-corrected chi connectivity index (χ4v) is 2.04. The molecule has 0 saturated carbocycles. The lowest BCUT2D eigenvalue weighted by Gasteiger charge is -2.38. The molecule has 1 aliphatic rings. The molecule has 0 spiro atoms. The van der Waals surface area contributed by atoms with Gasteiger partial charge in [-0.2, -0.15) is 0 Å². The van der Waals surface area contributed by atoms with Gasteiger partial charge in [0, 0.05) is 32.7 Å². The molecule has 1 fully saturated rings. The van der Waals surface area contributed by atoms with Crippen LogP contribution in [0.25, 0.3) is 0 Å². The maximum absolute atomic E-state index is 3.38. The predicted octanol–water partition coefficient (Wildman–Crippen LogP) is 1.33. The molecule has 0 bridgehead atoms. The summed E-state index contributed by atoms with van der Waals surface area (Å²) in [6, 6.07) is 10.6. The van der Waals surface area contributed by atoms with E-state index >= 15 is 0 Å². The van der Waals surface area contributed by atoms with Gasteiger partial charge in [0.1, 0.15) is 0 Å². The SMILES string of the molecule is CCN(c1ccccc1)N1CCNCC1. The first-order valence-electron chi connectivity index (χ1n) is 5.70. The third-order valence-corrected chi connectivity index (χ3v) is 2.79. The van der Waals surface area contributed by atoms with Gasteiger partial charge in [-0.25, -0.2) is 5.01 Å². The molecule has 1 saturated heterocycles. The van der Waals surface area contributed by atoms with E-state index in [1.54, 1.807) is 0 Å². The van der Waals surface area contributed by atoms with Crippen molar-refractivity contribution in [3.8, 4) is 0 Å². The van der Waals surface area contributed by atoms with Crippen LogP contribution < -0.4 is 10.3 Å². The van der Waals surface area contributed by atoms with Gasteiger partial charge in [0.15, 0.2) is 0 Å². The van der Waals surface area contributed by atoms with E-state index in [0.717, 1.165) is 32.7 Å². The van der Waals surface area contributed by atoms with E-state index in [9.17, 15) is 0 Å². The zero-order valence-electron chi connectivity index (χ0n) is 9.32. The number of para-hydroxylation sites is 1. The minimum Gasteiger partial charge on any atom is -0.314 e. The summed E-state index contributed by atoms with van der Waals surface area (Å²) in [5.74, 6) is 0. The van der Waals surface area contributed by atoms with Crippen LogP contribution in [0.15, 0.2) is 30.3 Å². The number of anilines is 1. The quantitative estimate of drug-likeness (QED) is 0.803. The molecule has 1 heterocycles. The number of hydrogen-bond donors (Lipinski definition) is 1. The van der Waals surface area contributed by atoms with Crippen LogP contribution in [0.3, 0.4) is 0 Å². The van der Waals surface area contributed by atoms with Crippen molar-refractivity contribution in [2.75, 3.05) is 37.7 Å². The molecule has 15 heavy (non-hydrogen) atoms. The second-order valence-electron chi connectivity index (χ2n) is 3.75. The summed E-state index contributed by atoms with van der Waals surface area (Å²) in [6.45, 7) is 7.61. The van der Waals surface area contributed by atoms with Gasteiger partial charge in [-0.15, -0.1) is 0 Å². The van der Waals surface area contributed by atoms with Crippen LogP contribution in [0.2, 0.25) is 0 Å². The molecule has 0 amide bonds. The van der Waals surface area contributed by atoms with E-state index in [-0.39, 0.29) is 0 Å². The molecule has 82 valence electrons. The van der Waals surface area contributed by atoms with Gasteiger partial charge in [-0.1, -0.05) is 18.2 Å². The van der Waals surface area contributed by atoms with Crippen molar-refractivity contribution in [3.05, 3.63) is 30.3 Å². The lowest BCUT2D eigenvalue weighted by molar-refractivity contribution is 0.222. The van der Waals surface area contributed by atoms with Gasteiger partial charge >= 0.3 is 0 Å². The number of piperazine rings is 1. The monoisotopic (exact) mass is 205 g/mol. The highest BCUT2D eigenvalue weighted by Gasteiger charge is 2.16. The predicted molar refractivity (Wildman–Crippen MR) is 63.9 cm³/mol. The molecular weight excluding hydrogens is 186 g/mol. The summed E-state index contributed by atoms with van der Waals surface area (Å²) in [6.07, 6.45) is 0. The average Bonchev–Trinajstić information content (AvgIpc) is 2.33. The smallest absolute Gasteiger partial charge is 0.0522 e. The second-order valence-corrected chi connectivity index (χ2v) is 3.75. The van der Waals surface area contributed by atoms with Gasteiger partial charge in [-0.05, 0) is 19.1 Å². The average molecular weight is 205 g/mol. The zero-order valence-corrected chi connectivity index (χ0v) is 9.32. The maximum Gasteiger partial charge on any atom is 0.0522 e. The number of nitrogens with zero attached hydrogens (tertiary/aromatic N) is 2. The Kier molecular flexibility index (Phi) is 3.59. The molecule has 1 aliphatic heterocycles. The van der Waals surface area contributed by atoms with Crippen molar-refractivity contribution >= 4 is 5.69 Å². The Morgan fingerprint density at radius 3 is 2.47 bits per heavy atom. The maximum atomic E-state index is 3.38. The van der Waals surface area contributed by atoms with Crippen LogP contribution in [0.1, 0.15) is 6.92 Å². The number of rotatable bonds is 3. The molecule has 1 N–H and O–H groups in total. The van der Waals surface area contributed by atoms with Crippen molar-refractivity contribution in [2.24, 2.45) is 0 Å². The van der Waals surface area contributed by atoms with Crippen molar-refractivity contribution in [1.82, 2.24) is 10.3 Å². The summed E-state index contributed by atoms with van der Waals surface area (Å²) in [4.78, 5) is 0. The third kappa shape index (κ3) is 2.49. The van der Waals surface area contributed by atoms with E-state index in [0.29, 0.717) is 0 Å². The van der Waals surface area contributed by atoms with Gasteiger partial charge in [0.05, 0.1) is 5.69 Å². The standard InChI is InChI=1S/C12H19N3/c1-2-15(12-6-4-3-5-7-12)14-10-8-13-9-11-14/h3-7,13H,2,8-11H2,1H3. The summed E-state index contributed by atoms with van der Waals surface area (Å²) in [7, 11) is 0. The Bertz CT molecular complexity index is 280. The number of nitrogens with one attached hydrogen (secondary N) is 1. The summed E-state index contributed by atoms with van der Waals surface area (Å²) < 4.78 is 0. The van der Waals surface area contributed by atoms with Gasteiger partial charge in [0.25, 0.3) is 0 Å². The highest BCUT2D eigenvalue weighted by atomic mass is 15.6. The molecule has 1 aromatic rings. The van der Waals surface area contributed by atoms with Crippen molar-refractivity contribution in [3.63, 3.8) is 0 Å². The molecule has 0 atom stereocenters. The second kappa shape index (κ2) is 5.14. The molecule has 0 aliphatic carbocycles. The first-order valence-corrected chi connectivity index (χ1v) is 5.70. The first kappa shape index (κ1) is 10.5.